The highest BCUT2D eigenvalue weighted by atomic mass is 32.1. The van der Waals surface area contributed by atoms with Crippen LogP contribution in [-0.2, 0) is 6.61 Å². The number of piperidine rings is 1. The summed E-state index contributed by atoms with van der Waals surface area (Å²) in [6, 6.07) is 5.36. The molecule has 0 spiro atoms. The second-order valence-electron chi connectivity index (χ2n) is 9.78. The molecule has 1 fully saturated rings. The van der Waals surface area contributed by atoms with Crippen molar-refractivity contribution in [3.63, 3.8) is 0 Å². The third kappa shape index (κ3) is 6.72. The molecule has 0 amide bonds. The molecule has 0 unspecified atom stereocenters. The van der Waals surface area contributed by atoms with Gasteiger partial charge in [0.1, 0.15) is 26.6 Å². The maximum atomic E-state index is 11.6. The Labute approximate surface area is 210 Å². The number of nitrogens with zero attached hydrogens (tertiary/aromatic N) is 5. The van der Waals surface area contributed by atoms with Gasteiger partial charge in [-0.15, -0.1) is 16.9 Å². The Morgan fingerprint density at radius 3 is 2.69 bits per heavy atom. The predicted octanol–water partition coefficient (Wildman–Crippen LogP) is 5.13. The Morgan fingerprint density at radius 1 is 1.20 bits per heavy atom. The van der Waals surface area contributed by atoms with E-state index in [0.717, 1.165) is 46.9 Å². The van der Waals surface area contributed by atoms with Crippen LogP contribution in [0.25, 0.3) is 10.4 Å². The van der Waals surface area contributed by atoms with Gasteiger partial charge in [-0.2, -0.15) is 0 Å². The van der Waals surface area contributed by atoms with E-state index in [1.807, 2.05) is 18.3 Å². The molecule has 3 aromatic rings. The summed E-state index contributed by atoms with van der Waals surface area (Å²) in [7, 11) is 0.618. The van der Waals surface area contributed by atoms with Gasteiger partial charge in [0.15, 0.2) is 0 Å². The van der Waals surface area contributed by atoms with E-state index in [-0.39, 0.29) is 18.2 Å². The number of pyridine rings is 2. The molecule has 0 radical (unpaired) electrons. The zero-order valence-electron chi connectivity index (χ0n) is 20.4. The molecule has 0 bridgehead atoms. The van der Waals surface area contributed by atoms with E-state index in [0.29, 0.717) is 11.6 Å². The average molecular weight is 508 g/mol. The lowest BCUT2D eigenvalue weighted by molar-refractivity contribution is -0.390. The van der Waals surface area contributed by atoms with Crippen LogP contribution in [0, 0.1) is 21.6 Å². The van der Waals surface area contributed by atoms with Gasteiger partial charge in [-0.05, 0) is 60.6 Å². The molecule has 0 N–H and O–H groups in total. The summed E-state index contributed by atoms with van der Waals surface area (Å²) < 4.78 is 5.89. The standard InChI is InChI=1S/C25H29N5O3SSi/c1-29-10-6-19(7-11-29)25-28-16-23(34-25)20-14-22(24(27-15-20)30(31)32)33-17-18-5-9-26-21(13-18)8-12-35(2,3)4/h5,9,13-16,19H,6-7,10-11,17H2,1-4H3. The van der Waals surface area contributed by atoms with Crippen LogP contribution < -0.4 is 4.74 Å². The number of rotatable bonds is 6. The van der Waals surface area contributed by atoms with E-state index in [1.54, 1.807) is 23.6 Å². The lowest BCUT2D eigenvalue weighted by Gasteiger charge is -2.27. The Hall–Kier alpha value is -3.13. The van der Waals surface area contributed by atoms with Crippen molar-refractivity contribution in [2.45, 2.75) is 45.0 Å². The van der Waals surface area contributed by atoms with Crippen LogP contribution in [0.5, 0.6) is 5.75 Å². The molecule has 0 aliphatic carbocycles. The van der Waals surface area contributed by atoms with Crippen LogP contribution in [-0.4, -0.2) is 53.0 Å². The fraction of sp³-hybridized carbons (Fsp3) is 0.400. The van der Waals surface area contributed by atoms with E-state index < -0.39 is 13.0 Å². The van der Waals surface area contributed by atoms with Crippen molar-refractivity contribution in [2.24, 2.45) is 0 Å². The van der Waals surface area contributed by atoms with Crippen molar-refractivity contribution in [1.82, 2.24) is 19.9 Å². The highest BCUT2D eigenvalue weighted by molar-refractivity contribution is 7.15. The van der Waals surface area contributed by atoms with E-state index >= 15 is 0 Å². The van der Waals surface area contributed by atoms with Gasteiger partial charge in [0.2, 0.25) is 5.75 Å². The van der Waals surface area contributed by atoms with Gasteiger partial charge in [0.25, 0.3) is 0 Å². The van der Waals surface area contributed by atoms with E-state index in [4.69, 9.17) is 4.74 Å². The summed E-state index contributed by atoms with van der Waals surface area (Å²) in [4.78, 5) is 27.4. The first-order chi connectivity index (χ1) is 16.7. The molecule has 4 rings (SSSR count). The van der Waals surface area contributed by atoms with Crippen LogP contribution in [0.2, 0.25) is 19.6 Å². The van der Waals surface area contributed by atoms with Gasteiger partial charge in [-0.25, -0.2) is 9.97 Å². The topological polar surface area (TPSA) is 94.3 Å². The minimum absolute atomic E-state index is 0.133. The summed E-state index contributed by atoms with van der Waals surface area (Å²) in [5.74, 6) is 3.42. The molecule has 0 aromatic carbocycles. The summed E-state index contributed by atoms with van der Waals surface area (Å²) >= 11 is 1.63. The van der Waals surface area contributed by atoms with Crippen LogP contribution in [0.15, 0.2) is 36.8 Å². The summed E-state index contributed by atoms with van der Waals surface area (Å²) in [5.41, 5.74) is 5.56. The zero-order chi connectivity index (χ0) is 25.0. The number of aromatic nitrogens is 3. The minimum Gasteiger partial charge on any atom is -0.481 e. The highest BCUT2D eigenvalue weighted by Crippen LogP contribution is 2.37. The maximum Gasteiger partial charge on any atom is 0.406 e. The van der Waals surface area contributed by atoms with Crippen molar-refractivity contribution in [3.05, 3.63) is 63.2 Å². The molecule has 35 heavy (non-hydrogen) atoms. The van der Waals surface area contributed by atoms with Gasteiger partial charge >= 0.3 is 5.82 Å². The first-order valence-corrected chi connectivity index (χ1v) is 15.9. The first-order valence-electron chi connectivity index (χ1n) is 11.6. The van der Waals surface area contributed by atoms with Gasteiger partial charge in [0.05, 0.1) is 9.88 Å². The summed E-state index contributed by atoms with van der Waals surface area (Å²) in [6.45, 7) is 8.80. The molecule has 1 aliphatic heterocycles. The summed E-state index contributed by atoms with van der Waals surface area (Å²) in [6.07, 6.45) is 7.21. The number of hydrogen-bond acceptors (Lipinski definition) is 8. The molecule has 8 nitrogen and oxygen atoms in total. The zero-order valence-corrected chi connectivity index (χ0v) is 22.3. The molecule has 182 valence electrons. The second-order valence-corrected chi connectivity index (χ2v) is 15.6. The Balaban J connectivity index is 1.53. The lowest BCUT2D eigenvalue weighted by atomic mass is 9.98. The smallest absolute Gasteiger partial charge is 0.406 e. The number of nitro groups is 1. The third-order valence-electron chi connectivity index (χ3n) is 5.67. The molecular weight excluding hydrogens is 478 g/mol. The maximum absolute atomic E-state index is 11.6. The van der Waals surface area contributed by atoms with Crippen molar-refractivity contribution in [2.75, 3.05) is 20.1 Å². The molecule has 4 heterocycles. The molecule has 0 saturated carbocycles. The SMILES string of the molecule is CN1CCC(c2ncc(-c3cnc([N+](=O)[O-])c(OCc4ccnc(C#C[Si](C)(C)C)c4)c3)s2)CC1. The Kier molecular flexibility index (Phi) is 7.59. The van der Waals surface area contributed by atoms with Crippen molar-refractivity contribution < 1.29 is 9.66 Å². The highest BCUT2D eigenvalue weighted by Gasteiger charge is 2.23. The van der Waals surface area contributed by atoms with Crippen LogP contribution >= 0.6 is 11.3 Å². The molecule has 1 saturated heterocycles. The molecule has 3 aromatic heterocycles. The Morgan fingerprint density at radius 2 is 1.97 bits per heavy atom. The largest absolute Gasteiger partial charge is 0.481 e. The van der Waals surface area contributed by atoms with Gasteiger partial charge < -0.3 is 19.8 Å². The number of hydrogen-bond donors (Lipinski definition) is 0. The molecule has 0 atom stereocenters. The molecule has 1 aliphatic rings. The van der Waals surface area contributed by atoms with Gasteiger partial charge in [0, 0.05) is 29.9 Å². The van der Waals surface area contributed by atoms with E-state index in [1.165, 1.54) is 6.20 Å². The van der Waals surface area contributed by atoms with Crippen LogP contribution in [0.1, 0.15) is 35.0 Å². The van der Waals surface area contributed by atoms with Crippen molar-refractivity contribution >= 4 is 25.2 Å². The predicted molar refractivity (Wildman–Crippen MR) is 140 cm³/mol. The quantitative estimate of drug-likeness (QED) is 0.198. The van der Waals surface area contributed by atoms with Crippen LogP contribution in [0.4, 0.5) is 5.82 Å². The number of thiazole rings is 1. The lowest BCUT2D eigenvalue weighted by Crippen LogP contribution is -2.29. The Bertz CT molecular complexity index is 1270. The van der Waals surface area contributed by atoms with Gasteiger partial charge in [-0.3, -0.25) is 0 Å². The fourth-order valence-corrected chi connectivity index (χ4v) is 5.30. The van der Waals surface area contributed by atoms with Crippen molar-refractivity contribution in [1.29, 1.82) is 0 Å². The van der Waals surface area contributed by atoms with Gasteiger partial charge in [-0.1, -0.05) is 25.6 Å². The third-order valence-corrected chi connectivity index (χ3v) is 7.75. The van der Waals surface area contributed by atoms with E-state index in [9.17, 15) is 10.1 Å². The average Bonchev–Trinajstić information content (AvgIpc) is 3.32. The van der Waals surface area contributed by atoms with Crippen LogP contribution in [0.3, 0.4) is 0 Å². The molecular formula is C25H29N5O3SSi. The summed E-state index contributed by atoms with van der Waals surface area (Å²) in [5, 5.41) is 12.7. The second kappa shape index (κ2) is 10.6. The first kappa shape index (κ1) is 25.0. The number of ether oxygens (including phenoxy) is 1. The number of likely N-dealkylation sites (tertiary alicyclic amines) is 1. The molecule has 10 heteroatoms. The van der Waals surface area contributed by atoms with E-state index in [2.05, 4.69) is 58.0 Å². The van der Waals surface area contributed by atoms with Crippen molar-refractivity contribution in [3.8, 4) is 27.7 Å². The fourth-order valence-electron chi connectivity index (χ4n) is 3.73. The minimum atomic E-state index is -1.52. The normalized spacial score (nSPS) is 14.9. The monoisotopic (exact) mass is 507 g/mol.